The first-order valence-corrected chi connectivity index (χ1v) is 5.81. The van der Waals surface area contributed by atoms with Crippen LogP contribution in [0.25, 0.3) is 0 Å². The van der Waals surface area contributed by atoms with Gasteiger partial charge in [-0.25, -0.2) is 0 Å². The minimum atomic E-state index is -0.589. The quantitative estimate of drug-likeness (QED) is 0.649. The number of carbonyl (C=O) groups is 3. The third kappa shape index (κ3) is 2.23. The largest absolute Gasteiger partial charge is 0.354 e. The van der Waals surface area contributed by atoms with Crippen LogP contribution in [0.5, 0.6) is 0 Å². The maximum atomic E-state index is 11.7. The molecule has 5 nitrogen and oxygen atoms in total. The molecule has 1 aliphatic heterocycles. The van der Waals surface area contributed by atoms with Crippen LogP contribution in [0.15, 0.2) is 0 Å². The van der Waals surface area contributed by atoms with Crippen LogP contribution in [0.1, 0.15) is 32.1 Å². The summed E-state index contributed by atoms with van der Waals surface area (Å²) in [5, 5.41) is 5.12. The van der Waals surface area contributed by atoms with Gasteiger partial charge in [-0.1, -0.05) is 12.8 Å². The fraction of sp³-hybridized carbons (Fsp3) is 0.727. The summed E-state index contributed by atoms with van der Waals surface area (Å²) in [4.78, 5) is 34.5. The molecule has 0 aromatic heterocycles. The lowest BCUT2D eigenvalue weighted by Crippen LogP contribution is -2.44. The van der Waals surface area contributed by atoms with Gasteiger partial charge in [-0.05, 0) is 19.3 Å². The van der Waals surface area contributed by atoms with Crippen LogP contribution in [0.2, 0.25) is 0 Å². The molecule has 1 aliphatic carbocycles. The first-order valence-electron chi connectivity index (χ1n) is 5.81. The Bertz CT molecular complexity index is 321. The molecule has 0 spiro atoms. The average Bonchev–Trinajstić information content (AvgIpc) is 2.89. The maximum absolute atomic E-state index is 11.7. The zero-order chi connectivity index (χ0) is 11.5. The van der Waals surface area contributed by atoms with Crippen molar-refractivity contribution in [3.8, 4) is 0 Å². The Morgan fingerprint density at radius 3 is 2.44 bits per heavy atom. The Balaban J connectivity index is 1.87. The summed E-state index contributed by atoms with van der Waals surface area (Å²) in [5.74, 6) is -1.25. The Morgan fingerprint density at radius 1 is 1.19 bits per heavy atom. The van der Waals surface area contributed by atoms with E-state index in [2.05, 4.69) is 10.6 Å². The Kier molecular flexibility index (Phi) is 3.22. The highest BCUT2D eigenvalue weighted by Crippen LogP contribution is 2.25. The second-order valence-electron chi connectivity index (χ2n) is 4.45. The normalized spacial score (nSPS) is 25.5. The standard InChI is InChI=1S/C11H16N2O3/c14-9(7-3-1-2-4-7)11(16)13-8-5-6-12-10(8)15/h7-8H,1-6H2,(H,12,15)(H,13,16). The molecular formula is C11H16N2O3. The van der Waals surface area contributed by atoms with Crippen LogP contribution >= 0.6 is 0 Å². The molecule has 0 aromatic carbocycles. The average molecular weight is 224 g/mol. The number of amides is 2. The fourth-order valence-electron chi connectivity index (χ4n) is 2.33. The summed E-state index contributed by atoms with van der Waals surface area (Å²) in [7, 11) is 0. The van der Waals surface area contributed by atoms with Gasteiger partial charge in [0.25, 0.3) is 5.91 Å². The van der Waals surface area contributed by atoms with E-state index in [-0.39, 0.29) is 17.6 Å². The lowest BCUT2D eigenvalue weighted by atomic mass is 10.0. The molecule has 2 amide bonds. The number of Topliss-reactive ketones (excluding diaryl/α,β-unsaturated/α-hetero) is 1. The third-order valence-electron chi connectivity index (χ3n) is 3.30. The molecule has 1 saturated carbocycles. The lowest BCUT2D eigenvalue weighted by Gasteiger charge is -2.11. The SMILES string of the molecule is O=C(NC1CCNC1=O)C(=O)C1CCCC1. The van der Waals surface area contributed by atoms with Crippen LogP contribution in [0, 0.1) is 5.92 Å². The molecule has 88 valence electrons. The molecule has 5 heteroatoms. The molecule has 2 N–H and O–H groups in total. The fourth-order valence-corrected chi connectivity index (χ4v) is 2.33. The molecule has 1 unspecified atom stereocenters. The monoisotopic (exact) mass is 224 g/mol. The van der Waals surface area contributed by atoms with Crippen molar-refractivity contribution in [2.24, 2.45) is 5.92 Å². The van der Waals surface area contributed by atoms with Crippen LogP contribution in [-0.2, 0) is 14.4 Å². The highest BCUT2D eigenvalue weighted by Gasteiger charge is 2.32. The van der Waals surface area contributed by atoms with Crippen molar-refractivity contribution in [3.63, 3.8) is 0 Å². The molecule has 1 saturated heterocycles. The number of ketones is 1. The molecule has 0 radical (unpaired) electrons. The zero-order valence-electron chi connectivity index (χ0n) is 9.12. The highest BCUT2D eigenvalue weighted by molar-refractivity contribution is 6.37. The van der Waals surface area contributed by atoms with Gasteiger partial charge in [-0.3, -0.25) is 14.4 Å². The molecule has 2 aliphatic rings. The van der Waals surface area contributed by atoms with E-state index < -0.39 is 11.9 Å². The Hall–Kier alpha value is -1.39. The number of hydrogen-bond donors (Lipinski definition) is 2. The Labute approximate surface area is 94.0 Å². The van der Waals surface area contributed by atoms with E-state index in [0.717, 1.165) is 25.7 Å². The smallest absolute Gasteiger partial charge is 0.288 e. The van der Waals surface area contributed by atoms with E-state index in [0.29, 0.717) is 13.0 Å². The molecular weight excluding hydrogens is 208 g/mol. The molecule has 0 bridgehead atoms. The first kappa shape index (κ1) is 11.1. The molecule has 0 aromatic rings. The topological polar surface area (TPSA) is 75.3 Å². The predicted molar refractivity (Wildman–Crippen MR) is 56.5 cm³/mol. The van der Waals surface area contributed by atoms with Gasteiger partial charge in [0.15, 0.2) is 0 Å². The molecule has 2 fully saturated rings. The van der Waals surface area contributed by atoms with E-state index in [4.69, 9.17) is 0 Å². The number of nitrogens with one attached hydrogen (secondary N) is 2. The van der Waals surface area contributed by atoms with E-state index in [1.807, 2.05) is 0 Å². The minimum absolute atomic E-state index is 0.121. The van der Waals surface area contributed by atoms with E-state index in [9.17, 15) is 14.4 Å². The van der Waals surface area contributed by atoms with E-state index in [1.165, 1.54) is 0 Å². The van der Waals surface area contributed by atoms with Gasteiger partial charge in [-0.2, -0.15) is 0 Å². The summed E-state index contributed by atoms with van der Waals surface area (Å²) in [6.07, 6.45) is 4.23. The molecule has 2 rings (SSSR count). The van der Waals surface area contributed by atoms with E-state index >= 15 is 0 Å². The van der Waals surface area contributed by atoms with Gasteiger partial charge in [0.05, 0.1) is 0 Å². The number of rotatable bonds is 3. The summed E-state index contributed by atoms with van der Waals surface area (Å²) in [5.41, 5.74) is 0. The molecule has 1 heterocycles. The van der Waals surface area contributed by atoms with Crippen molar-refractivity contribution in [2.75, 3.05) is 6.54 Å². The van der Waals surface area contributed by atoms with Crippen LogP contribution < -0.4 is 10.6 Å². The van der Waals surface area contributed by atoms with Crippen molar-refractivity contribution in [1.82, 2.24) is 10.6 Å². The Morgan fingerprint density at radius 2 is 1.88 bits per heavy atom. The highest BCUT2D eigenvalue weighted by atomic mass is 16.2. The van der Waals surface area contributed by atoms with Gasteiger partial charge in [0.1, 0.15) is 6.04 Å². The number of hydrogen-bond acceptors (Lipinski definition) is 3. The van der Waals surface area contributed by atoms with E-state index in [1.54, 1.807) is 0 Å². The van der Waals surface area contributed by atoms with Crippen molar-refractivity contribution in [2.45, 2.75) is 38.1 Å². The van der Waals surface area contributed by atoms with Gasteiger partial charge in [-0.15, -0.1) is 0 Å². The lowest BCUT2D eigenvalue weighted by molar-refractivity contribution is -0.141. The number of carbonyl (C=O) groups excluding carboxylic acids is 3. The summed E-state index contributed by atoms with van der Waals surface area (Å²) in [6.45, 7) is 0.571. The predicted octanol–water partition coefficient (Wildman–Crippen LogP) is -0.250. The van der Waals surface area contributed by atoms with Gasteiger partial charge >= 0.3 is 0 Å². The summed E-state index contributed by atoms with van der Waals surface area (Å²) >= 11 is 0. The van der Waals surface area contributed by atoms with Gasteiger partial charge in [0.2, 0.25) is 11.7 Å². The van der Waals surface area contributed by atoms with Gasteiger partial charge in [0, 0.05) is 12.5 Å². The van der Waals surface area contributed by atoms with Crippen molar-refractivity contribution in [3.05, 3.63) is 0 Å². The second kappa shape index (κ2) is 4.63. The van der Waals surface area contributed by atoms with Crippen molar-refractivity contribution in [1.29, 1.82) is 0 Å². The van der Waals surface area contributed by atoms with Crippen molar-refractivity contribution >= 4 is 17.6 Å². The first-order chi connectivity index (χ1) is 7.68. The summed E-state index contributed by atoms with van der Waals surface area (Å²) < 4.78 is 0. The van der Waals surface area contributed by atoms with Crippen LogP contribution in [0.4, 0.5) is 0 Å². The third-order valence-corrected chi connectivity index (χ3v) is 3.30. The van der Waals surface area contributed by atoms with Crippen LogP contribution in [-0.4, -0.2) is 30.2 Å². The maximum Gasteiger partial charge on any atom is 0.288 e. The second-order valence-corrected chi connectivity index (χ2v) is 4.45. The van der Waals surface area contributed by atoms with Crippen LogP contribution in [0.3, 0.4) is 0 Å². The molecule has 16 heavy (non-hydrogen) atoms. The van der Waals surface area contributed by atoms with Gasteiger partial charge < -0.3 is 10.6 Å². The van der Waals surface area contributed by atoms with Crippen molar-refractivity contribution < 1.29 is 14.4 Å². The zero-order valence-corrected chi connectivity index (χ0v) is 9.12. The molecule has 1 atom stereocenters. The summed E-state index contributed by atoms with van der Waals surface area (Å²) in [6, 6.07) is -0.516. The minimum Gasteiger partial charge on any atom is -0.354 e.